The number of rotatable bonds is 5. The van der Waals surface area contributed by atoms with Crippen LogP contribution in [0.1, 0.15) is 21.3 Å². The van der Waals surface area contributed by atoms with Gasteiger partial charge in [-0.05, 0) is 48.0 Å². The molecule has 1 aliphatic rings. The summed E-state index contributed by atoms with van der Waals surface area (Å²) in [6.07, 6.45) is 0. The Labute approximate surface area is 184 Å². The standard InChI is InChI=1S/C23H19ClN2O3S/c1-29-20-10-4-9-19(13-20)26-21(27)14-30-23(26)16-6-3-8-18(12-16)25-22(28)15-5-2-7-17(24)11-15/h2-13,23H,14H2,1H3,(H,25,28). The van der Waals surface area contributed by atoms with E-state index in [1.807, 2.05) is 48.5 Å². The van der Waals surface area contributed by atoms with E-state index in [4.69, 9.17) is 16.3 Å². The van der Waals surface area contributed by atoms with E-state index in [2.05, 4.69) is 5.32 Å². The van der Waals surface area contributed by atoms with Crippen molar-refractivity contribution >= 4 is 46.6 Å². The molecule has 1 heterocycles. The summed E-state index contributed by atoms with van der Waals surface area (Å²) in [7, 11) is 1.60. The second kappa shape index (κ2) is 8.81. The number of methoxy groups -OCH3 is 1. The van der Waals surface area contributed by atoms with Crippen molar-refractivity contribution in [1.82, 2.24) is 0 Å². The fourth-order valence-electron chi connectivity index (χ4n) is 3.31. The number of nitrogens with zero attached hydrogens (tertiary/aromatic N) is 1. The zero-order valence-electron chi connectivity index (χ0n) is 16.2. The highest BCUT2D eigenvalue weighted by Gasteiger charge is 2.34. The lowest BCUT2D eigenvalue weighted by atomic mass is 10.1. The topological polar surface area (TPSA) is 58.6 Å². The van der Waals surface area contributed by atoms with E-state index in [-0.39, 0.29) is 17.2 Å². The summed E-state index contributed by atoms with van der Waals surface area (Å²) in [6.45, 7) is 0. The zero-order valence-corrected chi connectivity index (χ0v) is 17.7. The molecule has 3 aromatic rings. The summed E-state index contributed by atoms with van der Waals surface area (Å²) in [5.41, 5.74) is 2.85. The first-order chi connectivity index (χ1) is 14.5. The monoisotopic (exact) mass is 438 g/mol. The lowest BCUT2D eigenvalue weighted by Gasteiger charge is -2.25. The van der Waals surface area contributed by atoms with E-state index in [1.165, 1.54) is 0 Å². The fourth-order valence-corrected chi connectivity index (χ4v) is 4.67. The van der Waals surface area contributed by atoms with E-state index in [0.29, 0.717) is 27.8 Å². The number of amides is 2. The largest absolute Gasteiger partial charge is 0.497 e. The molecule has 7 heteroatoms. The maximum atomic E-state index is 12.6. The van der Waals surface area contributed by atoms with Gasteiger partial charge in [0.25, 0.3) is 5.91 Å². The first kappa shape index (κ1) is 20.3. The predicted octanol–water partition coefficient (Wildman–Crippen LogP) is 5.38. The Morgan fingerprint density at radius 1 is 1.10 bits per heavy atom. The van der Waals surface area contributed by atoms with Crippen molar-refractivity contribution in [2.75, 3.05) is 23.1 Å². The minimum absolute atomic E-state index is 0.0339. The highest BCUT2D eigenvalue weighted by molar-refractivity contribution is 8.00. The average molecular weight is 439 g/mol. The Morgan fingerprint density at radius 2 is 1.90 bits per heavy atom. The number of nitrogens with one attached hydrogen (secondary N) is 1. The number of carbonyl (C=O) groups excluding carboxylic acids is 2. The number of hydrogen-bond donors (Lipinski definition) is 1. The number of carbonyl (C=O) groups is 2. The minimum Gasteiger partial charge on any atom is -0.497 e. The molecular weight excluding hydrogens is 420 g/mol. The highest BCUT2D eigenvalue weighted by atomic mass is 35.5. The SMILES string of the molecule is COc1cccc(N2C(=O)CSC2c2cccc(NC(=O)c3cccc(Cl)c3)c2)c1. The molecule has 0 radical (unpaired) electrons. The predicted molar refractivity (Wildman–Crippen MR) is 122 cm³/mol. The summed E-state index contributed by atoms with van der Waals surface area (Å²) in [5, 5.41) is 3.22. The molecule has 0 saturated carbocycles. The third-order valence-corrected chi connectivity index (χ3v) is 6.16. The van der Waals surface area contributed by atoms with Crippen LogP contribution in [0.15, 0.2) is 72.8 Å². The molecule has 152 valence electrons. The molecule has 0 aromatic heterocycles. The van der Waals surface area contributed by atoms with E-state index < -0.39 is 0 Å². The summed E-state index contributed by atoms with van der Waals surface area (Å²) in [6, 6.07) is 21.8. The average Bonchev–Trinajstić information content (AvgIpc) is 3.15. The van der Waals surface area contributed by atoms with Crippen molar-refractivity contribution in [3.8, 4) is 5.75 Å². The van der Waals surface area contributed by atoms with Gasteiger partial charge >= 0.3 is 0 Å². The van der Waals surface area contributed by atoms with E-state index in [9.17, 15) is 9.59 Å². The van der Waals surface area contributed by atoms with Crippen molar-refractivity contribution < 1.29 is 14.3 Å². The number of halogens is 1. The van der Waals surface area contributed by atoms with Crippen LogP contribution in [0.4, 0.5) is 11.4 Å². The van der Waals surface area contributed by atoms with Gasteiger partial charge in [0.1, 0.15) is 11.1 Å². The second-order valence-electron chi connectivity index (χ2n) is 6.72. The molecule has 1 atom stereocenters. The molecule has 0 bridgehead atoms. The molecule has 1 saturated heterocycles. The lowest BCUT2D eigenvalue weighted by molar-refractivity contribution is -0.115. The molecule has 30 heavy (non-hydrogen) atoms. The van der Waals surface area contributed by atoms with E-state index in [1.54, 1.807) is 48.0 Å². The van der Waals surface area contributed by atoms with Crippen LogP contribution < -0.4 is 15.0 Å². The first-order valence-electron chi connectivity index (χ1n) is 9.30. The van der Waals surface area contributed by atoms with Crippen LogP contribution >= 0.6 is 23.4 Å². The maximum absolute atomic E-state index is 12.6. The maximum Gasteiger partial charge on any atom is 0.255 e. The van der Waals surface area contributed by atoms with Crippen molar-refractivity contribution in [3.05, 3.63) is 88.9 Å². The molecule has 1 unspecified atom stereocenters. The quantitative estimate of drug-likeness (QED) is 0.581. The Balaban J connectivity index is 1.59. The van der Waals surface area contributed by atoms with Crippen LogP contribution in [0, 0.1) is 0 Å². The summed E-state index contributed by atoms with van der Waals surface area (Å²) in [4.78, 5) is 26.9. The van der Waals surface area contributed by atoms with Crippen LogP contribution in [0.5, 0.6) is 5.75 Å². The molecule has 0 aliphatic carbocycles. The molecule has 1 fully saturated rings. The van der Waals surface area contributed by atoms with Crippen LogP contribution in [0.25, 0.3) is 0 Å². The molecule has 2 amide bonds. The molecule has 1 aliphatic heterocycles. The smallest absolute Gasteiger partial charge is 0.255 e. The summed E-state index contributed by atoms with van der Waals surface area (Å²) < 4.78 is 5.30. The Kier molecular flexibility index (Phi) is 5.97. The van der Waals surface area contributed by atoms with Crippen LogP contribution in [0.3, 0.4) is 0 Å². The summed E-state index contributed by atoms with van der Waals surface area (Å²) >= 11 is 7.53. The number of anilines is 2. The van der Waals surface area contributed by atoms with Gasteiger partial charge in [-0.15, -0.1) is 11.8 Å². The van der Waals surface area contributed by atoms with Gasteiger partial charge in [-0.25, -0.2) is 0 Å². The number of hydrogen-bond acceptors (Lipinski definition) is 4. The summed E-state index contributed by atoms with van der Waals surface area (Å²) in [5.74, 6) is 0.876. The molecule has 4 rings (SSSR count). The van der Waals surface area contributed by atoms with E-state index in [0.717, 1.165) is 11.3 Å². The second-order valence-corrected chi connectivity index (χ2v) is 8.22. The van der Waals surface area contributed by atoms with Gasteiger partial charge in [0.2, 0.25) is 5.91 Å². The van der Waals surface area contributed by atoms with Crippen LogP contribution in [-0.4, -0.2) is 24.7 Å². The van der Waals surface area contributed by atoms with Gasteiger partial charge in [0, 0.05) is 28.0 Å². The molecule has 0 spiro atoms. The first-order valence-corrected chi connectivity index (χ1v) is 10.7. The minimum atomic E-state index is -0.241. The lowest BCUT2D eigenvalue weighted by Crippen LogP contribution is -2.27. The van der Waals surface area contributed by atoms with E-state index >= 15 is 0 Å². The third kappa shape index (κ3) is 4.30. The van der Waals surface area contributed by atoms with Gasteiger partial charge in [-0.1, -0.05) is 35.9 Å². The van der Waals surface area contributed by atoms with Crippen LogP contribution in [0.2, 0.25) is 5.02 Å². The number of benzene rings is 3. The molecule has 1 N–H and O–H groups in total. The van der Waals surface area contributed by atoms with Crippen molar-refractivity contribution in [1.29, 1.82) is 0 Å². The molecule has 5 nitrogen and oxygen atoms in total. The van der Waals surface area contributed by atoms with Gasteiger partial charge in [0.05, 0.1) is 12.9 Å². The van der Waals surface area contributed by atoms with Gasteiger partial charge in [0.15, 0.2) is 0 Å². The third-order valence-electron chi connectivity index (χ3n) is 4.72. The fraction of sp³-hybridized carbons (Fsp3) is 0.130. The molecular formula is C23H19ClN2O3S. The highest BCUT2D eigenvalue weighted by Crippen LogP contribution is 2.42. The number of thioether (sulfide) groups is 1. The molecule has 3 aromatic carbocycles. The van der Waals surface area contributed by atoms with Crippen LogP contribution in [-0.2, 0) is 4.79 Å². The normalized spacial score (nSPS) is 15.9. The van der Waals surface area contributed by atoms with Gasteiger partial charge in [-0.3, -0.25) is 14.5 Å². The van der Waals surface area contributed by atoms with Crippen molar-refractivity contribution in [2.45, 2.75) is 5.37 Å². The van der Waals surface area contributed by atoms with Crippen molar-refractivity contribution in [2.24, 2.45) is 0 Å². The zero-order chi connectivity index (χ0) is 21.1. The Bertz CT molecular complexity index is 1110. The van der Waals surface area contributed by atoms with Gasteiger partial charge in [-0.2, -0.15) is 0 Å². The van der Waals surface area contributed by atoms with Crippen molar-refractivity contribution in [3.63, 3.8) is 0 Å². The Morgan fingerprint density at radius 3 is 2.70 bits per heavy atom. The van der Waals surface area contributed by atoms with Gasteiger partial charge < -0.3 is 10.1 Å². The Hall–Kier alpha value is -2.96. The number of ether oxygens (including phenoxy) is 1.